The third kappa shape index (κ3) is 2.98. The van der Waals surface area contributed by atoms with E-state index in [9.17, 15) is 14.7 Å². The van der Waals surface area contributed by atoms with Crippen molar-refractivity contribution >= 4 is 11.9 Å². The molecule has 6 heteroatoms. The molecule has 0 atom stereocenters. The molecule has 0 spiro atoms. The monoisotopic (exact) mass is 322 g/mol. The summed E-state index contributed by atoms with van der Waals surface area (Å²) in [6, 6.07) is 3.07. The summed E-state index contributed by atoms with van der Waals surface area (Å²) in [5, 5.41) is 9.90. The Kier molecular flexibility index (Phi) is 5.13. The maximum Gasteiger partial charge on any atom is 0.337 e. The van der Waals surface area contributed by atoms with Gasteiger partial charge in [-0.1, -0.05) is 19.3 Å². The summed E-state index contributed by atoms with van der Waals surface area (Å²) in [5.74, 6) is -0.746. The number of carboxylic acids is 1. The summed E-state index contributed by atoms with van der Waals surface area (Å²) in [5.41, 5.74) is -0.334. The number of carboxylic acid groups (broad SMARTS) is 1. The number of carbonyl (C=O) groups is 2. The Morgan fingerprint density at radius 1 is 1.04 bits per heavy atom. The minimum atomic E-state index is -1.07. The molecule has 1 saturated carbocycles. The molecule has 126 valence electrons. The molecule has 0 heterocycles. The van der Waals surface area contributed by atoms with Crippen LogP contribution >= 0.6 is 0 Å². The quantitative estimate of drug-likeness (QED) is 0.839. The van der Waals surface area contributed by atoms with Crippen LogP contribution in [0.5, 0.6) is 11.5 Å². The van der Waals surface area contributed by atoms with Gasteiger partial charge in [-0.15, -0.1) is 0 Å². The maximum absolute atomic E-state index is 12.1. The Hall–Kier alpha value is -2.24. The van der Waals surface area contributed by atoms with Crippen LogP contribution in [0.15, 0.2) is 12.1 Å². The predicted molar refractivity (Wildman–Crippen MR) is 83.3 cm³/mol. The Labute approximate surface area is 135 Å². The summed E-state index contributed by atoms with van der Waals surface area (Å²) in [6.07, 6.45) is 3.66. The average molecular weight is 322 g/mol. The van der Waals surface area contributed by atoms with E-state index in [4.69, 9.17) is 14.2 Å². The van der Waals surface area contributed by atoms with Crippen molar-refractivity contribution in [3.05, 3.63) is 23.3 Å². The topological polar surface area (TPSA) is 82.1 Å². The molecular weight excluding hydrogens is 300 g/mol. The summed E-state index contributed by atoms with van der Waals surface area (Å²) in [4.78, 5) is 24.0. The van der Waals surface area contributed by atoms with Gasteiger partial charge in [0.25, 0.3) is 0 Å². The summed E-state index contributed by atoms with van der Waals surface area (Å²) < 4.78 is 15.5. The lowest BCUT2D eigenvalue weighted by Gasteiger charge is -2.35. The summed E-state index contributed by atoms with van der Waals surface area (Å²) >= 11 is 0. The molecule has 0 aromatic heterocycles. The average Bonchev–Trinajstić information content (AvgIpc) is 2.60. The number of carbonyl (C=O) groups excluding carboxylic acids is 1. The first kappa shape index (κ1) is 17.1. The van der Waals surface area contributed by atoms with Gasteiger partial charge in [-0.25, -0.2) is 4.79 Å². The van der Waals surface area contributed by atoms with Gasteiger partial charge in [0.15, 0.2) is 11.5 Å². The first-order valence-electron chi connectivity index (χ1n) is 7.58. The van der Waals surface area contributed by atoms with Gasteiger partial charge in [0, 0.05) is 5.56 Å². The predicted octanol–water partition coefficient (Wildman–Crippen LogP) is 2.78. The van der Waals surface area contributed by atoms with E-state index in [1.807, 2.05) is 0 Å². The van der Waals surface area contributed by atoms with Crippen molar-refractivity contribution in [3.8, 4) is 11.5 Å². The second kappa shape index (κ2) is 6.89. The lowest BCUT2D eigenvalue weighted by atomic mass is 9.68. The van der Waals surface area contributed by atoms with Crippen molar-refractivity contribution in [2.24, 2.45) is 0 Å². The van der Waals surface area contributed by atoms with Crippen molar-refractivity contribution in [2.75, 3.05) is 21.3 Å². The van der Waals surface area contributed by atoms with Crippen molar-refractivity contribution < 1.29 is 28.9 Å². The number of esters is 1. The number of aliphatic carboxylic acids is 1. The van der Waals surface area contributed by atoms with Crippen LogP contribution in [0.4, 0.5) is 0 Å². The normalized spacial score (nSPS) is 16.5. The van der Waals surface area contributed by atoms with Gasteiger partial charge in [0.1, 0.15) is 0 Å². The van der Waals surface area contributed by atoms with Crippen molar-refractivity contribution in [2.45, 2.75) is 37.5 Å². The molecule has 1 aliphatic carbocycles. The van der Waals surface area contributed by atoms with Crippen LogP contribution in [0.2, 0.25) is 0 Å². The number of benzene rings is 1. The van der Waals surface area contributed by atoms with E-state index < -0.39 is 17.4 Å². The molecule has 0 bridgehead atoms. The van der Waals surface area contributed by atoms with Gasteiger partial charge < -0.3 is 19.3 Å². The van der Waals surface area contributed by atoms with E-state index >= 15 is 0 Å². The molecule has 1 N–H and O–H groups in total. The highest BCUT2D eigenvalue weighted by atomic mass is 16.5. The summed E-state index contributed by atoms with van der Waals surface area (Å²) in [6.45, 7) is 0. The molecule has 0 aliphatic heterocycles. The van der Waals surface area contributed by atoms with Gasteiger partial charge in [-0.2, -0.15) is 0 Å². The van der Waals surface area contributed by atoms with E-state index in [0.717, 1.165) is 19.3 Å². The Morgan fingerprint density at radius 2 is 1.70 bits per heavy atom. The zero-order valence-corrected chi connectivity index (χ0v) is 13.7. The smallest absolute Gasteiger partial charge is 0.337 e. The minimum Gasteiger partial charge on any atom is -0.493 e. The maximum atomic E-state index is 12.1. The molecule has 0 amide bonds. The van der Waals surface area contributed by atoms with Gasteiger partial charge in [0.05, 0.1) is 32.3 Å². The Morgan fingerprint density at radius 3 is 2.17 bits per heavy atom. The van der Waals surface area contributed by atoms with Crippen LogP contribution in [0.25, 0.3) is 0 Å². The highest BCUT2D eigenvalue weighted by Gasteiger charge is 2.44. The van der Waals surface area contributed by atoms with Crippen LogP contribution in [0, 0.1) is 0 Å². The fourth-order valence-corrected chi connectivity index (χ4v) is 3.31. The van der Waals surface area contributed by atoms with Gasteiger partial charge in [-0.3, -0.25) is 4.79 Å². The summed E-state index contributed by atoms with van der Waals surface area (Å²) in [7, 11) is 4.21. The molecule has 1 aromatic rings. The highest BCUT2D eigenvalue weighted by molar-refractivity contribution is 5.92. The number of methoxy groups -OCH3 is 3. The molecule has 1 aliphatic rings. The fourth-order valence-electron chi connectivity index (χ4n) is 3.31. The number of hydrogen-bond acceptors (Lipinski definition) is 5. The number of rotatable bonds is 5. The zero-order chi connectivity index (χ0) is 17.0. The first-order chi connectivity index (χ1) is 11.0. The zero-order valence-electron chi connectivity index (χ0n) is 13.7. The molecule has 1 fully saturated rings. The Balaban J connectivity index is 2.70. The second-order valence-electron chi connectivity index (χ2n) is 5.70. The minimum absolute atomic E-state index is 0.256. The molecule has 0 unspecified atom stereocenters. The van der Waals surface area contributed by atoms with Crippen molar-refractivity contribution in [1.29, 1.82) is 0 Å². The molecule has 0 saturated heterocycles. The Bertz CT molecular complexity index is 601. The number of hydrogen-bond donors (Lipinski definition) is 1. The lowest BCUT2D eigenvalue weighted by Crippen LogP contribution is -2.38. The van der Waals surface area contributed by atoms with E-state index in [1.165, 1.54) is 27.4 Å². The van der Waals surface area contributed by atoms with Gasteiger partial charge in [-0.05, 0) is 25.0 Å². The second-order valence-corrected chi connectivity index (χ2v) is 5.70. The van der Waals surface area contributed by atoms with Crippen molar-refractivity contribution in [3.63, 3.8) is 0 Å². The standard InChI is InChI=1S/C17H22O6/c1-21-13-10-11(15(18)23-3)9-12(14(13)22-2)17(16(19)20)7-5-4-6-8-17/h9-10H,4-8H2,1-3H3,(H,19,20). The van der Waals surface area contributed by atoms with E-state index in [2.05, 4.69) is 0 Å². The first-order valence-corrected chi connectivity index (χ1v) is 7.58. The lowest BCUT2D eigenvalue weighted by molar-refractivity contribution is -0.145. The van der Waals surface area contributed by atoms with Crippen LogP contribution in [-0.2, 0) is 14.9 Å². The van der Waals surface area contributed by atoms with E-state index in [1.54, 1.807) is 6.07 Å². The molecule has 0 radical (unpaired) electrons. The van der Waals surface area contributed by atoms with Crippen LogP contribution < -0.4 is 9.47 Å². The third-order valence-corrected chi connectivity index (χ3v) is 4.53. The highest BCUT2D eigenvalue weighted by Crippen LogP contribution is 2.47. The molecular formula is C17H22O6. The molecule has 6 nitrogen and oxygen atoms in total. The number of ether oxygens (including phenoxy) is 3. The van der Waals surface area contributed by atoms with Crippen LogP contribution in [0.3, 0.4) is 0 Å². The van der Waals surface area contributed by atoms with E-state index in [-0.39, 0.29) is 5.56 Å². The third-order valence-electron chi connectivity index (χ3n) is 4.53. The van der Waals surface area contributed by atoms with Crippen LogP contribution in [0.1, 0.15) is 48.0 Å². The van der Waals surface area contributed by atoms with Crippen molar-refractivity contribution in [1.82, 2.24) is 0 Å². The molecule has 2 rings (SSSR count). The largest absolute Gasteiger partial charge is 0.493 e. The van der Waals surface area contributed by atoms with Gasteiger partial charge >= 0.3 is 11.9 Å². The van der Waals surface area contributed by atoms with E-state index in [0.29, 0.717) is 29.9 Å². The van der Waals surface area contributed by atoms with Crippen LogP contribution in [-0.4, -0.2) is 38.4 Å². The molecule has 1 aromatic carbocycles. The molecule has 23 heavy (non-hydrogen) atoms. The van der Waals surface area contributed by atoms with Gasteiger partial charge in [0.2, 0.25) is 0 Å². The fraction of sp³-hybridized carbons (Fsp3) is 0.529. The SMILES string of the molecule is COC(=O)c1cc(OC)c(OC)c(C2(C(=O)O)CCCCC2)c1.